The number of aliphatic hydroxyl groups is 1. The number of anilines is 1. The molecule has 1 aromatic rings. The molecule has 1 aliphatic rings. The molecule has 1 fully saturated rings. The molecule has 0 amide bonds. The normalized spacial score (nSPS) is 25.2. The smallest absolute Gasteiger partial charge is 0.120 e. The lowest BCUT2D eigenvalue weighted by Crippen LogP contribution is -2.57. The lowest BCUT2D eigenvalue weighted by Gasteiger charge is -2.44. The predicted octanol–water partition coefficient (Wildman–Crippen LogP) is 1.20. The minimum absolute atomic E-state index is 0.198. The monoisotopic (exact) mass is 250 g/mol. The number of nitrogens with zero attached hydrogens (tertiary/aromatic N) is 2. The van der Waals surface area contributed by atoms with Gasteiger partial charge in [0.15, 0.2) is 0 Å². The van der Waals surface area contributed by atoms with Crippen LogP contribution < -0.4 is 9.64 Å². The van der Waals surface area contributed by atoms with E-state index < -0.39 is 0 Å². The SMILES string of the molecule is COc1cccc(N2CC(CO)N(C)CC2C)c1. The van der Waals surface area contributed by atoms with Crippen LogP contribution in [-0.4, -0.2) is 55.9 Å². The second kappa shape index (κ2) is 5.59. The highest BCUT2D eigenvalue weighted by molar-refractivity contribution is 5.52. The van der Waals surface area contributed by atoms with E-state index in [1.165, 1.54) is 0 Å². The second-order valence-corrected chi connectivity index (χ2v) is 4.98. The zero-order valence-corrected chi connectivity index (χ0v) is 11.3. The number of ether oxygens (including phenoxy) is 1. The second-order valence-electron chi connectivity index (χ2n) is 4.98. The van der Waals surface area contributed by atoms with Crippen molar-refractivity contribution in [3.05, 3.63) is 24.3 Å². The lowest BCUT2D eigenvalue weighted by atomic mass is 10.1. The highest BCUT2D eigenvalue weighted by Gasteiger charge is 2.29. The van der Waals surface area contributed by atoms with Gasteiger partial charge in [0, 0.05) is 30.9 Å². The molecule has 2 unspecified atom stereocenters. The van der Waals surface area contributed by atoms with Crippen molar-refractivity contribution >= 4 is 5.69 Å². The van der Waals surface area contributed by atoms with Gasteiger partial charge in [-0.3, -0.25) is 4.90 Å². The van der Waals surface area contributed by atoms with Gasteiger partial charge in [0.1, 0.15) is 5.75 Å². The summed E-state index contributed by atoms with van der Waals surface area (Å²) >= 11 is 0. The van der Waals surface area contributed by atoms with Crippen LogP contribution in [0.15, 0.2) is 24.3 Å². The summed E-state index contributed by atoms with van der Waals surface area (Å²) < 4.78 is 5.27. The van der Waals surface area contributed by atoms with E-state index in [2.05, 4.69) is 35.9 Å². The number of piperazine rings is 1. The first-order valence-electron chi connectivity index (χ1n) is 6.37. The van der Waals surface area contributed by atoms with Gasteiger partial charge in [-0.25, -0.2) is 0 Å². The number of hydrogen-bond donors (Lipinski definition) is 1. The number of hydrogen-bond acceptors (Lipinski definition) is 4. The number of methoxy groups -OCH3 is 1. The van der Waals surface area contributed by atoms with Crippen molar-refractivity contribution in [2.24, 2.45) is 0 Å². The van der Waals surface area contributed by atoms with Crippen molar-refractivity contribution in [3.63, 3.8) is 0 Å². The summed E-state index contributed by atoms with van der Waals surface area (Å²) in [6, 6.07) is 8.74. The summed E-state index contributed by atoms with van der Waals surface area (Å²) in [5.74, 6) is 0.874. The standard InChI is InChI=1S/C14H22N2O2/c1-11-8-15(2)13(10-17)9-16(11)12-5-4-6-14(7-12)18-3/h4-7,11,13,17H,8-10H2,1-3H3. The topological polar surface area (TPSA) is 35.9 Å². The van der Waals surface area contributed by atoms with E-state index in [1.807, 2.05) is 12.1 Å². The fraction of sp³-hybridized carbons (Fsp3) is 0.571. The van der Waals surface area contributed by atoms with Gasteiger partial charge in [0.25, 0.3) is 0 Å². The fourth-order valence-electron chi connectivity index (χ4n) is 2.56. The van der Waals surface area contributed by atoms with Crippen LogP contribution in [0.4, 0.5) is 5.69 Å². The Kier molecular flexibility index (Phi) is 4.09. The Morgan fingerprint density at radius 1 is 1.39 bits per heavy atom. The predicted molar refractivity (Wildman–Crippen MR) is 73.3 cm³/mol. The van der Waals surface area contributed by atoms with E-state index in [-0.39, 0.29) is 12.6 Å². The van der Waals surface area contributed by atoms with Gasteiger partial charge in [-0.1, -0.05) is 6.07 Å². The van der Waals surface area contributed by atoms with Crippen LogP contribution in [0.1, 0.15) is 6.92 Å². The molecule has 0 spiro atoms. The largest absolute Gasteiger partial charge is 0.497 e. The third-order valence-corrected chi connectivity index (χ3v) is 3.71. The molecule has 18 heavy (non-hydrogen) atoms. The maximum Gasteiger partial charge on any atom is 0.120 e. The minimum atomic E-state index is 0.198. The molecule has 0 saturated carbocycles. The molecule has 4 nitrogen and oxygen atoms in total. The maximum atomic E-state index is 9.42. The molecular weight excluding hydrogens is 228 g/mol. The molecule has 100 valence electrons. The molecule has 0 bridgehead atoms. The molecule has 2 atom stereocenters. The van der Waals surface area contributed by atoms with Crippen LogP contribution in [0.5, 0.6) is 5.75 Å². The van der Waals surface area contributed by atoms with Gasteiger partial charge >= 0.3 is 0 Å². The van der Waals surface area contributed by atoms with Gasteiger partial charge < -0.3 is 14.7 Å². The Morgan fingerprint density at radius 2 is 2.17 bits per heavy atom. The highest BCUT2D eigenvalue weighted by atomic mass is 16.5. The first kappa shape index (κ1) is 13.2. The van der Waals surface area contributed by atoms with Crippen LogP contribution >= 0.6 is 0 Å². The number of likely N-dealkylation sites (N-methyl/N-ethyl adjacent to an activating group) is 1. The van der Waals surface area contributed by atoms with Crippen molar-refractivity contribution in [1.29, 1.82) is 0 Å². The zero-order valence-electron chi connectivity index (χ0n) is 11.3. The highest BCUT2D eigenvalue weighted by Crippen LogP contribution is 2.26. The molecule has 2 rings (SSSR count). The van der Waals surface area contributed by atoms with Gasteiger partial charge in [-0.05, 0) is 26.1 Å². The van der Waals surface area contributed by atoms with Crippen LogP contribution in [-0.2, 0) is 0 Å². The Bertz CT molecular complexity index is 397. The Labute approximate surface area is 109 Å². The van der Waals surface area contributed by atoms with Crippen LogP contribution in [0.3, 0.4) is 0 Å². The Hall–Kier alpha value is -1.26. The Balaban J connectivity index is 2.20. The molecule has 1 aliphatic heterocycles. The molecule has 1 N–H and O–H groups in total. The van der Waals surface area contributed by atoms with Crippen LogP contribution in [0.2, 0.25) is 0 Å². The fourth-order valence-corrected chi connectivity index (χ4v) is 2.56. The molecule has 0 radical (unpaired) electrons. The first-order chi connectivity index (χ1) is 8.65. The summed E-state index contributed by atoms with van der Waals surface area (Å²) in [6.07, 6.45) is 0. The van der Waals surface area contributed by atoms with Crippen molar-refractivity contribution in [1.82, 2.24) is 4.90 Å². The number of aliphatic hydroxyl groups excluding tert-OH is 1. The summed E-state index contributed by atoms with van der Waals surface area (Å²) in [5, 5.41) is 9.42. The van der Waals surface area contributed by atoms with E-state index in [0.29, 0.717) is 6.04 Å². The number of benzene rings is 1. The van der Waals surface area contributed by atoms with Crippen LogP contribution in [0.25, 0.3) is 0 Å². The molecule has 1 aromatic carbocycles. The van der Waals surface area contributed by atoms with Gasteiger partial charge in [0.05, 0.1) is 19.8 Å². The number of rotatable bonds is 3. The van der Waals surface area contributed by atoms with Gasteiger partial charge in [-0.2, -0.15) is 0 Å². The summed E-state index contributed by atoms with van der Waals surface area (Å²) in [6.45, 7) is 4.22. The summed E-state index contributed by atoms with van der Waals surface area (Å²) in [4.78, 5) is 4.56. The first-order valence-corrected chi connectivity index (χ1v) is 6.37. The van der Waals surface area contributed by atoms with Crippen molar-refractivity contribution in [2.45, 2.75) is 19.0 Å². The van der Waals surface area contributed by atoms with Crippen molar-refractivity contribution < 1.29 is 9.84 Å². The average Bonchev–Trinajstić information content (AvgIpc) is 2.39. The van der Waals surface area contributed by atoms with E-state index in [4.69, 9.17) is 4.74 Å². The molecule has 1 saturated heterocycles. The molecular formula is C14H22N2O2. The van der Waals surface area contributed by atoms with E-state index >= 15 is 0 Å². The lowest BCUT2D eigenvalue weighted by molar-refractivity contribution is 0.121. The summed E-state index contributed by atoms with van der Waals surface area (Å²) in [5.41, 5.74) is 1.16. The quantitative estimate of drug-likeness (QED) is 0.874. The summed E-state index contributed by atoms with van der Waals surface area (Å²) in [7, 11) is 3.75. The average molecular weight is 250 g/mol. The van der Waals surface area contributed by atoms with Gasteiger partial charge in [0.2, 0.25) is 0 Å². The molecule has 0 aliphatic carbocycles. The third kappa shape index (κ3) is 2.60. The molecule has 4 heteroatoms. The third-order valence-electron chi connectivity index (χ3n) is 3.71. The van der Waals surface area contributed by atoms with Gasteiger partial charge in [-0.15, -0.1) is 0 Å². The van der Waals surface area contributed by atoms with Crippen molar-refractivity contribution in [2.75, 3.05) is 38.8 Å². The van der Waals surface area contributed by atoms with Crippen molar-refractivity contribution in [3.8, 4) is 5.75 Å². The van der Waals surface area contributed by atoms with Crippen LogP contribution in [0, 0.1) is 0 Å². The maximum absolute atomic E-state index is 9.42. The minimum Gasteiger partial charge on any atom is -0.497 e. The van der Waals surface area contributed by atoms with E-state index in [0.717, 1.165) is 24.5 Å². The van der Waals surface area contributed by atoms with E-state index in [1.54, 1.807) is 7.11 Å². The molecule has 1 heterocycles. The zero-order chi connectivity index (χ0) is 13.1. The Morgan fingerprint density at radius 3 is 2.83 bits per heavy atom. The van der Waals surface area contributed by atoms with E-state index in [9.17, 15) is 5.11 Å². The molecule has 0 aromatic heterocycles.